The van der Waals surface area contributed by atoms with Crippen LogP contribution in [0.4, 0.5) is 18.9 Å². The first kappa shape index (κ1) is 35.5. The number of nitrogens with zero attached hydrogens (tertiary/aromatic N) is 5. The summed E-state index contributed by atoms with van der Waals surface area (Å²) >= 11 is 3.17. The molecule has 14 heteroatoms. The molecular weight excluding hydrogens is 727 g/mol. The van der Waals surface area contributed by atoms with E-state index in [9.17, 15) is 27.6 Å². The van der Waals surface area contributed by atoms with Crippen LogP contribution in [0.25, 0.3) is 21.9 Å². The molecule has 7 rings (SSSR count). The molecule has 5 heterocycles. The lowest BCUT2D eigenvalue weighted by Crippen LogP contribution is -2.50. The number of rotatable bonds is 7. The average molecular weight is 771 g/mol. The first-order valence-electron chi connectivity index (χ1n) is 17.9. The monoisotopic (exact) mass is 769 g/mol. The van der Waals surface area contributed by atoms with Crippen molar-refractivity contribution in [2.75, 3.05) is 45.0 Å². The number of halogens is 4. The number of H-pyrrole nitrogens is 1. The van der Waals surface area contributed by atoms with E-state index in [0.29, 0.717) is 50.6 Å². The number of imidazole rings is 1. The second-order valence-electron chi connectivity index (χ2n) is 14.2. The summed E-state index contributed by atoms with van der Waals surface area (Å²) < 4.78 is 43.5. The Kier molecular flexibility index (Phi) is 10.2. The summed E-state index contributed by atoms with van der Waals surface area (Å²) in [5, 5.41) is 0.861. The number of carbonyl (C=O) groups is 2. The first-order chi connectivity index (χ1) is 24.5. The molecule has 3 saturated heterocycles. The molecule has 10 nitrogen and oxygen atoms in total. The van der Waals surface area contributed by atoms with Gasteiger partial charge in [0, 0.05) is 54.5 Å². The number of anilines is 1. The van der Waals surface area contributed by atoms with Crippen molar-refractivity contribution in [3.63, 3.8) is 0 Å². The molecule has 0 radical (unpaired) electrons. The van der Waals surface area contributed by atoms with Gasteiger partial charge in [0.05, 0.1) is 39.9 Å². The number of likely N-dealkylation sites (tertiary alicyclic amines) is 3. The summed E-state index contributed by atoms with van der Waals surface area (Å²) in [5.41, 5.74) is 6.69. The van der Waals surface area contributed by atoms with E-state index in [1.165, 1.54) is 25.3 Å². The summed E-state index contributed by atoms with van der Waals surface area (Å²) in [6.45, 7) is 4.03. The number of amides is 2. The molecule has 0 unspecified atom stereocenters. The number of benzene rings is 2. The normalized spacial score (nSPS) is 19.2. The third-order valence-electron chi connectivity index (χ3n) is 11.1. The van der Waals surface area contributed by atoms with Crippen LogP contribution in [0.1, 0.15) is 68.5 Å². The zero-order chi connectivity index (χ0) is 35.9. The molecule has 2 aromatic carbocycles. The number of alkyl halides is 3. The van der Waals surface area contributed by atoms with Gasteiger partial charge in [0.2, 0.25) is 11.8 Å². The number of aromatic amines is 1. The second-order valence-corrected chi connectivity index (χ2v) is 15.1. The summed E-state index contributed by atoms with van der Waals surface area (Å²) in [7, 11) is 0. The van der Waals surface area contributed by atoms with Gasteiger partial charge in [-0.2, -0.15) is 13.2 Å². The van der Waals surface area contributed by atoms with Gasteiger partial charge in [0.15, 0.2) is 0 Å². The van der Waals surface area contributed by atoms with Gasteiger partial charge in [-0.25, -0.2) is 4.79 Å². The molecule has 272 valence electrons. The molecule has 0 bridgehead atoms. The summed E-state index contributed by atoms with van der Waals surface area (Å²) in [5.74, 6) is -1.27. The molecule has 3 N–H and O–H groups in total. The predicted molar refractivity (Wildman–Crippen MR) is 193 cm³/mol. The van der Waals surface area contributed by atoms with E-state index >= 15 is 0 Å². The highest BCUT2D eigenvalue weighted by Crippen LogP contribution is 2.39. The van der Waals surface area contributed by atoms with Crippen LogP contribution in [-0.2, 0) is 22.2 Å². The quantitative estimate of drug-likeness (QED) is 0.219. The van der Waals surface area contributed by atoms with Gasteiger partial charge in [-0.3, -0.25) is 19.1 Å². The molecule has 3 aliphatic heterocycles. The van der Waals surface area contributed by atoms with Crippen LogP contribution in [0.5, 0.6) is 0 Å². The minimum absolute atomic E-state index is 0.0270. The summed E-state index contributed by atoms with van der Waals surface area (Å²) in [4.78, 5) is 54.7. The second kappa shape index (κ2) is 14.6. The number of nitrogens with two attached hydrogens (primary N) is 1. The van der Waals surface area contributed by atoms with Crippen molar-refractivity contribution < 1.29 is 22.8 Å². The summed E-state index contributed by atoms with van der Waals surface area (Å²) in [6.07, 6.45) is 3.25. The van der Waals surface area contributed by atoms with Gasteiger partial charge in [0.25, 0.3) is 0 Å². The van der Waals surface area contributed by atoms with Crippen molar-refractivity contribution in [2.24, 2.45) is 5.92 Å². The van der Waals surface area contributed by atoms with Gasteiger partial charge < -0.3 is 25.4 Å². The Morgan fingerprint density at radius 3 is 2.31 bits per heavy atom. The number of aromatic nitrogens is 3. The Balaban J connectivity index is 1.07. The van der Waals surface area contributed by atoms with E-state index in [4.69, 9.17) is 5.73 Å². The smallest absolute Gasteiger partial charge is 0.397 e. The molecule has 2 amide bonds. The Labute approximate surface area is 302 Å². The Morgan fingerprint density at radius 1 is 0.941 bits per heavy atom. The molecule has 3 aliphatic rings. The van der Waals surface area contributed by atoms with Crippen LogP contribution < -0.4 is 11.4 Å². The zero-order valence-corrected chi connectivity index (χ0v) is 30.0. The van der Waals surface area contributed by atoms with Crippen molar-refractivity contribution in [3.05, 3.63) is 68.7 Å². The number of carbonyl (C=O) groups excluding carboxylic acids is 2. The Morgan fingerprint density at radius 2 is 1.61 bits per heavy atom. The van der Waals surface area contributed by atoms with Gasteiger partial charge >= 0.3 is 11.9 Å². The highest BCUT2D eigenvalue weighted by molar-refractivity contribution is 9.10. The van der Waals surface area contributed by atoms with Gasteiger partial charge in [0.1, 0.15) is 0 Å². The van der Waals surface area contributed by atoms with Gasteiger partial charge in [-0.1, -0.05) is 24.6 Å². The minimum Gasteiger partial charge on any atom is -0.397 e. The molecule has 51 heavy (non-hydrogen) atoms. The minimum atomic E-state index is -4.67. The molecule has 3 fully saturated rings. The molecule has 0 saturated carbocycles. The highest BCUT2D eigenvalue weighted by atomic mass is 79.9. The first-order valence-corrected chi connectivity index (χ1v) is 18.7. The maximum absolute atomic E-state index is 14.1. The summed E-state index contributed by atoms with van der Waals surface area (Å²) in [6, 6.07) is 10.4. The van der Waals surface area contributed by atoms with E-state index in [1.807, 2.05) is 24.3 Å². The predicted octanol–water partition coefficient (Wildman–Crippen LogP) is 6.13. The molecule has 0 spiro atoms. The lowest BCUT2D eigenvalue weighted by Gasteiger charge is -2.41. The maximum atomic E-state index is 14.1. The Hall–Kier alpha value is -3.91. The van der Waals surface area contributed by atoms with Crippen LogP contribution >= 0.6 is 15.9 Å². The number of nitrogens with one attached hydrogen (secondary N) is 1. The lowest BCUT2D eigenvalue weighted by molar-refractivity contribution is -0.143. The number of piperidine rings is 3. The molecular formula is C37H43BrF3N7O3. The van der Waals surface area contributed by atoms with E-state index < -0.39 is 23.3 Å². The maximum Gasteiger partial charge on any atom is 0.418 e. The lowest BCUT2D eigenvalue weighted by atomic mass is 9.91. The number of pyridine rings is 1. The van der Waals surface area contributed by atoms with E-state index in [1.54, 1.807) is 20.6 Å². The highest BCUT2D eigenvalue weighted by Gasteiger charge is 2.37. The van der Waals surface area contributed by atoms with Gasteiger partial charge in [-0.15, -0.1) is 0 Å². The van der Waals surface area contributed by atoms with Crippen LogP contribution in [0.2, 0.25) is 0 Å². The standard InChI is InChI=1S/C37H43BrF3N7O3/c38-29-20-23(19-28(33(29)42)37(39,40)41)18-24(35(50)47-16-8-25(9-17-47)45-12-4-1-5-13-45)21-32(49)46-14-10-26(11-15-46)48-31-22-43-30-7-3-2-6-27(30)34(31)44-36(48)51/h2-3,6-7,19-20,22,24-26H,1,4-5,8-18,21,42H2,(H,44,51)/t24-/m0/s1. The van der Waals surface area contributed by atoms with E-state index in [0.717, 1.165) is 48.4 Å². The van der Waals surface area contributed by atoms with Gasteiger partial charge in [-0.05, 0) is 97.7 Å². The van der Waals surface area contributed by atoms with Crippen LogP contribution in [0.3, 0.4) is 0 Å². The number of hydrogen-bond acceptors (Lipinski definition) is 6. The fraction of sp³-hybridized carbons (Fsp3) is 0.514. The fourth-order valence-electron chi connectivity index (χ4n) is 8.35. The topological polar surface area (TPSA) is 121 Å². The molecule has 1 atom stereocenters. The van der Waals surface area contributed by atoms with Crippen molar-refractivity contribution in [1.82, 2.24) is 29.2 Å². The van der Waals surface area contributed by atoms with E-state index in [-0.39, 0.29) is 46.4 Å². The number of fused-ring (bicyclic) bond motifs is 3. The number of para-hydroxylation sites is 1. The van der Waals surface area contributed by atoms with Crippen LogP contribution in [0, 0.1) is 5.92 Å². The SMILES string of the molecule is Nc1c(Br)cc(C[C@@H](CC(=O)N2CCC(n3c(=O)[nH]c4c5ccccc5ncc43)CC2)C(=O)N2CCC(N3CCCCC3)CC2)cc1C(F)(F)F. The van der Waals surface area contributed by atoms with Crippen molar-refractivity contribution >= 4 is 55.4 Å². The van der Waals surface area contributed by atoms with Crippen LogP contribution in [0.15, 0.2) is 51.9 Å². The average Bonchev–Trinajstić information content (AvgIpc) is 3.48. The van der Waals surface area contributed by atoms with Crippen molar-refractivity contribution in [2.45, 2.75) is 76.0 Å². The van der Waals surface area contributed by atoms with Crippen molar-refractivity contribution in [1.29, 1.82) is 0 Å². The Bertz CT molecular complexity index is 1970. The number of hydrogen-bond donors (Lipinski definition) is 2. The van der Waals surface area contributed by atoms with Crippen LogP contribution in [-0.4, -0.2) is 86.4 Å². The van der Waals surface area contributed by atoms with E-state index in [2.05, 4.69) is 30.8 Å². The third kappa shape index (κ3) is 7.39. The molecule has 4 aromatic rings. The molecule has 2 aromatic heterocycles. The fourth-order valence-corrected chi connectivity index (χ4v) is 8.86. The zero-order valence-electron chi connectivity index (χ0n) is 28.4. The van der Waals surface area contributed by atoms with Crippen molar-refractivity contribution in [3.8, 4) is 0 Å². The molecule has 0 aliphatic carbocycles. The number of nitrogen functional groups attached to an aromatic ring is 1. The largest absolute Gasteiger partial charge is 0.418 e. The third-order valence-corrected chi connectivity index (χ3v) is 11.7.